The Morgan fingerprint density at radius 1 is 1.08 bits per heavy atom. The molecule has 0 spiro atoms. The topological polar surface area (TPSA) is 75.7 Å². The van der Waals surface area contributed by atoms with Crippen LogP contribution in [0.15, 0.2) is 12.2 Å². The summed E-state index contributed by atoms with van der Waals surface area (Å²) in [6, 6.07) is 0. The lowest BCUT2D eigenvalue weighted by molar-refractivity contribution is -0.144. The number of rotatable bonds is 8. The fourth-order valence-electron chi connectivity index (χ4n) is 3.95. The van der Waals surface area contributed by atoms with Crippen molar-refractivity contribution in [2.45, 2.75) is 33.1 Å². The van der Waals surface area contributed by atoms with E-state index in [1.807, 2.05) is 11.0 Å². The first-order valence-electron chi connectivity index (χ1n) is 8.85. The summed E-state index contributed by atoms with van der Waals surface area (Å²) < 4.78 is 4.56. The third-order valence-electron chi connectivity index (χ3n) is 4.98. The molecule has 0 saturated heterocycles. The van der Waals surface area contributed by atoms with Gasteiger partial charge in [0.2, 0.25) is 11.8 Å². The van der Waals surface area contributed by atoms with Gasteiger partial charge in [0.05, 0.1) is 18.9 Å². The number of hydrogen-bond acceptors (Lipinski definition) is 4. The highest BCUT2D eigenvalue weighted by Gasteiger charge is 2.52. The number of nitrogens with one attached hydrogen (secondary N) is 1. The third-order valence-corrected chi connectivity index (χ3v) is 4.98. The fraction of sp³-hybridized carbons (Fsp3) is 0.722. The minimum atomic E-state index is -0.483. The highest BCUT2D eigenvalue weighted by Crippen LogP contribution is 2.48. The van der Waals surface area contributed by atoms with E-state index in [1.54, 1.807) is 0 Å². The number of allylic oxidation sites excluding steroid dienone is 2. The second-order valence-corrected chi connectivity index (χ2v) is 6.62. The van der Waals surface area contributed by atoms with Crippen molar-refractivity contribution in [3.05, 3.63) is 12.2 Å². The first kappa shape index (κ1) is 18.5. The summed E-state index contributed by atoms with van der Waals surface area (Å²) in [5.74, 6) is -1.09. The standard InChI is InChI=1S/C18H28N2O4/c1-4-8-20(9-5-2)18(23)16-13-7-6-12(10-13)15(16)17(22)19-11-14(21)24-3/h6-7,12-13,15-16H,4-5,8-11H2,1-3H3,(H,19,22)/t12-,13-,15-,16+/m0/s1. The molecule has 24 heavy (non-hydrogen) atoms. The fourth-order valence-corrected chi connectivity index (χ4v) is 3.95. The van der Waals surface area contributed by atoms with Gasteiger partial charge in [0, 0.05) is 13.1 Å². The van der Waals surface area contributed by atoms with Crippen molar-refractivity contribution in [2.75, 3.05) is 26.7 Å². The van der Waals surface area contributed by atoms with Crippen molar-refractivity contribution in [3.8, 4) is 0 Å². The Morgan fingerprint density at radius 2 is 1.67 bits per heavy atom. The molecule has 4 atom stereocenters. The van der Waals surface area contributed by atoms with Gasteiger partial charge in [0.1, 0.15) is 6.54 Å². The maximum atomic E-state index is 13.0. The quantitative estimate of drug-likeness (QED) is 0.536. The van der Waals surface area contributed by atoms with Gasteiger partial charge in [-0.05, 0) is 31.1 Å². The second-order valence-electron chi connectivity index (χ2n) is 6.62. The van der Waals surface area contributed by atoms with Crippen LogP contribution in [0.2, 0.25) is 0 Å². The van der Waals surface area contributed by atoms with Gasteiger partial charge in [0.15, 0.2) is 0 Å². The molecule has 134 valence electrons. The molecule has 0 aliphatic heterocycles. The highest BCUT2D eigenvalue weighted by atomic mass is 16.5. The van der Waals surface area contributed by atoms with Crippen LogP contribution in [0.3, 0.4) is 0 Å². The first-order valence-corrected chi connectivity index (χ1v) is 8.85. The SMILES string of the molecule is CCCN(CCC)C(=O)[C@H]1[C@@H](C(=O)NCC(=O)OC)[C@H]2C=C[C@H]1C2. The molecular formula is C18H28N2O4. The maximum absolute atomic E-state index is 13.0. The normalized spacial score (nSPS) is 27.1. The second kappa shape index (κ2) is 8.31. The summed E-state index contributed by atoms with van der Waals surface area (Å²) in [5, 5.41) is 2.63. The zero-order valence-corrected chi connectivity index (χ0v) is 14.8. The number of carbonyl (C=O) groups is 3. The van der Waals surface area contributed by atoms with Gasteiger partial charge in [-0.3, -0.25) is 14.4 Å². The molecule has 1 saturated carbocycles. The molecule has 6 nitrogen and oxygen atoms in total. The molecule has 0 aromatic carbocycles. The van der Waals surface area contributed by atoms with Gasteiger partial charge in [-0.25, -0.2) is 0 Å². The average molecular weight is 336 g/mol. The van der Waals surface area contributed by atoms with E-state index >= 15 is 0 Å². The summed E-state index contributed by atoms with van der Waals surface area (Å²) in [6.45, 7) is 5.40. The predicted octanol–water partition coefficient (Wildman–Crippen LogP) is 1.36. The Balaban J connectivity index is 2.11. The van der Waals surface area contributed by atoms with E-state index in [2.05, 4.69) is 30.0 Å². The zero-order chi connectivity index (χ0) is 17.7. The summed E-state index contributed by atoms with van der Waals surface area (Å²) >= 11 is 0. The van der Waals surface area contributed by atoms with Crippen LogP contribution in [0.25, 0.3) is 0 Å². The van der Waals surface area contributed by atoms with E-state index in [4.69, 9.17) is 0 Å². The van der Waals surface area contributed by atoms with E-state index < -0.39 is 5.97 Å². The molecule has 6 heteroatoms. The molecule has 0 aromatic heterocycles. The molecule has 1 N–H and O–H groups in total. The number of fused-ring (bicyclic) bond motifs is 2. The van der Waals surface area contributed by atoms with E-state index in [-0.39, 0.29) is 42.0 Å². The Hall–Kier alpha value is -1.85. The number of methoxy groups -OCH3 is 1. The van der Waals surface area contributed by atoms with Crippen LogP contribution in [-0.4, -0.2) is 49.4 Å². The Labute approximate surface area is 143 Å². The van der Waals surface area contributed by atoms with Gasteiger partial charge in [0.25, 0.3) is 0 Å². The minimum absolute atomic E-state index is 0.0776. The molecule has 0 aromatic rings. The van der Waals surface area contributed by atoms with E-state index in [9.17, 15) is 14.4 Å². The smallest absolute Gasteiger partial charge is 0.325 e. The predicted molar refractivity (Wildman–Crippen MR) is 89.9 cm³/mol. The van der Waals surface area contributed by atoms with Gasteiger partial charge >= 0.3 is 5.97 Å². The van der Waals surface area contributed by atoms with Crippen LogP contribution in [0.5, 0.6) is 0 Å². The molecule has 0 radical (unpaired) electrons. The number of amides is 2. The third kappa shape index (κ3) is 3.79. The summed E-state index contributed by atoms with van der Waals surface area (Å²) in [7, 11) is 1.29. The molecule has 1 fully saturated rings. The van der Waals surface area contributed by atoms with E-state index in [0.29, 0.717) is 0 Å². The maximum Gasteiger partial charge on any atom is 0.325 e. The lowest BCUT2D eigenvalue weighted by Gasteiger charge is -2.31. The summed E-state index contributed by atoms with van der Waals surface area (Å²) in [4.78, 5) is 38.8. The Morgan fingerprint density at radius 3 is 2.21 bits per heavy atom. The van der Waals surface area contributed by atoms with Gasteiger partial charge in [-0.2, -0.15) is 0 Å². The average Bonchev–Trinajstić information content (AvgIpc) is 3.19. The van der Waals surface area contributed by atoms with E-state index in [1.165, 1.54) is 7.11 Å². The van der Waals surface area contributed by atoms with Crippen molar-refractivity contribution >= 4 is 17.8 Å². The van der Waals surface area contributed by atoms with Gasteiger partial charge in [-0.1, -0.05) is 26.0 Å². The monoisotopic (exact) mass is 336 g/mol. The number of carbonyl (C=O) groups excluding carboxylic acids is 3. The zero-order valence-electron chi connectivity index (χ0n) is 14.8. The van der Waals surface area contributed by atoms with Gasteiger partial charge < -0.3 is 15.0 Å². The van der Waals surface area contributed by atoms with Crippen LogP contribution in [0.4, 0.5) is 0 Å². The lowest BCUT2D eigenvalue weighted by atomic mass is 9.81. The van der Waals surface area contributed by atoms with Crippen LogP contribution in [-0.2, 0) is 19.1 Å². The molecular weight excluding hydrogens is 308 g/mol. The molecule has 0 unspecified atom stereocenters. The van der Waals surface area contributed by atoms with Crippen LogP contribution in [0.1, 0.15) is 33.1 Å². The molecule has 2 bridgehead atoms. The summed E-state index contributed by atoms with van der Waals surface area (Å²) in [6.07, 6.45) is 6.77. The molecule has 2 rings (SSSR count). The van der Waals surface area contributed by atoms with Crippen molar-refractivity contribution in [2.24, 2.45) is 23.7 Å². The van der Waals surface area contributed by atoms with Crippen molar-refractivity contribution in [1.29, 1.82) is 0 Å². The minimum Gasteiger partial charge on any atom is -0.468 e. The molecule has 2 aliphatic rings. The lowest BCUT2D eigenvalue weighted by Crippen LogP contribution is -2.47. The van der Waals surface area contributed by atoms with E-state index in [0.717, 1.165) is 32.4 Å². The number of nitrogens with zero attached hydrogens (tertiary/aromatic N) is 1. The van der Waals surface area contributed by atoms with Crippen LogP contribution >= 0.6 is 0 Å². The van der Waals surface area contributed by atoms with Gasteiger partial charge in [-0.15, -0.1) is 0 Å². The van der Waals surface area contributed by atoms with Crippen molar-refractivity contribution < 1.29 is 19.1 Å². The molecule has 2 amide bonds. The first-order chi connectivity index (χ1) is 11.5. The number of hydrogen-bond donors (Lipinski definition) is 1. The Bertz CT molecular complexity index is 511. The van der Waals surface area contributed by atoms with Crippen molar-refractivity contribution in [3.63, 3.8) is 0 Å². The molecule has 0 heterocycles. The number of esters is 1. The Kier molecular flexibility index (Phi) is 6.40. The van der Waals surface area contributed by atoms with Crippen LogP contribution < -0.4 is 5.32 Å². The number of ether oxygens (including phenoxy) is 1. The largest absolute Gasteiger partial charge is 0.468 e. The van der Waals surface area contributed by atoms with Crippen LogP contribution in [0, 0.1) is 23.7 Å². The highest BCUT2D eigenvalue weighted by molar-refractivity contribution is 5.91. The summed E-state index contributed by atoms with van der Waals surface area (Å²) in [5.41, 5.74) is 0. The molecule has 2 aliphatic carbocycles. The van der Waals surface area contributed by atoms with Crippen molar-refractivity contribution in [1.82, 2.24) is 10.2 Å².